The predicted molar refractivity (Wildman–Crippen MR) is 73.4 cm³/mol. The van der Waals surface area contributed by atoms with E-state index < -0.39 is 6.10 Å². The van der Waals surface area contributed by atoms with Gasteiger partial charge in [0.2, 0.25) is 0 Å². The summed E-state index contributed by atoms with van der Waals surface area (Å²) in [7, 11) is 3.24. The second-order valence-electron chi connectivity index (χ2n) is 4.19. The summed E-state index contributed by atoms with van der Waals surface area (Å²) in [5, 5.41) is 8.74. The van der Waals surface area contributed by atoms with Crippen molar-refractivity contribution in [2.45, 2.75) is 19.6 Å². The SMILES string of the molecule is COC(C)C(=O)N(C)Cc1ccccc1C#CCO. The van der Waals surface area contributed by atoms with Crippen LogP contribution in [0.5, 0.6) is 0 Å². The van der Waals surface area contributed by atoms with Crippen molar-refractivity contribution in [3.63, 3.8) is 0 Å². The molecule has 1 N–H and O–H groups in total. The minimum atomic E-state index is -0.458. The third-order valence-electron chi connectivity index (χ3n) is 2.80. The van der Waals surface area contributed by atoms with Crippen molar-refractivity contribution < 1.29 is 14.6 Å². The van der Waals surface area contributed by atoms with Gasteiger partial charge in [-0.25, -0.2) is 0 Å². The molecule has 1 aromatic carbocycles. The monoisotopic (exact) mass is 261 g/mol. The molecule has 19 heavy (non-hydrogen) atoms. The van der Waals surface area contributed by atoms with E-state index in [1.165, 1.54) is 7.11 Å². The maximum Gasteiger partial charge on any atom is 0.251 e. The van der Waals surface area contributed by atoms with Crippen LogP contribution in [0.25, 0.3) is 0 Å². The van der Waals surface area contributed by atoms with Crippen molar-refractivity contribution in [1.29, 1.82) is 0 Å². The number of likely N-dealkylation sites (N-methyl/N-ethyl adjacent to an activating group) is 1. The van der Waals surface area contributed by atoms with E-state index in [0.717, 1.165) is 11.1 Å². The Balaban J connectivity index is 2.84. The van der Waals surface area contributed by atoms with Gasteiger partial charge in [0.05, 0.1) is 0 Å². The van der Waals surface area contributed by atoms with Crippen LogP contribution in [-0.4, -0.2) is 42.8 Å². The molecule has 0 saturated carbocycles. The number of methoxy groups -OCH3 is 1. The number of nitrogens with zero attached hydrogens (tertiary/aromatic N) is 1. The Bertz CT molecular complexity index is 488. The number of hydrogen-bond donors (Lipinski definition) is 1. The smallest absolute Gasteiger partial charge is 0.251 e. The first kappa shape index (κ1) is 15.2. The molecule has 1 unspecified atom stereocenters. The van der Waals surface area contributed by atoms with Gasteiger partial charge in [0.25, 0.3) is 5.91 Å². The fourth-order valence-corrected chi connectivity index (χ4v) is 1.66. The van der Waals surface area contributed by atoms with E-state index in [2.05, 4.69) is 11.8 Å². The normalized spacial score (nSPS) is 11.4. The molecule has 4 nitrogen and oxygen atoms in total. The number of carbonyl (C=O) groups excluding carboxylic acids is 1. The third-order valence-corrected chi connectivity index (χ3v) is 2.80. The lowest BCUT2D eigenvalue weighted by atomic mass is 10.1. The maximum atomic E-state index is 11.9. The summed E-state index contributed by atoms with van der Waals surface area (Å²) in [6.45, 7) is 2.00. The van der Waals surface area contributed by atoms with Crippen molar-refractivity contribution in [1.82, 2.24) is 4.90 Å². The van der Waals surface area contributed by atoms with E-state index in [1.54, 1.807) is 18.9 Å². The van der Waals surface area contributed by atoms with Gasteiger partial charge in [0, 0.05) is 26.3 Å². The molecule has 0 aliphatic carbocycles. The summed E-state index contributed by atoms with van der Waals surface area (Å²) >= 11 is 0. The average Bonchev–Trinajstić information content (AvgIpc) is 2.44. The molecule has 0 spiro atoms. The van der Waals surface area contributed by atoms with Crippen LogP contribution >= 0.6 is 0 Å². The number of aliphatic hydroxyl groups excluding tert-OH is 1. The number of amides is 1. The van der Waals surface area contributed by atoms with Crippen LogP contribution in [0.1, 0.15) is 18.1 Å². The van der Waals surface area contributed by atoms with Gasteiger partial charge >= 0.3 is 0 Å². The molecule has 0 aliphatic heterocycles. The lowest BCUT2D eigenvalue weighted by molar-refractivity contribution is -0.140. The molecule has 1 rings (SSSR count). The first-order chi connectivity index (χ1) is 9.10. The van der Waals surface area contributed by atoms with Crippen molar-refractivity contribution in [2.75, 3.05) is 20.8 Å². The van der Waals surface area contributed by atoms with E-state index in [-0.39, 0.29) is 12.5 Å². The summed E-state index contributed by atoms with van der Waals surface area (Å²) in [6, 6.07) is 7.57. The van der Waals surface area contributed by atoms with E-state index >= 15 is 0 Å². The van der Waals surface area contributed by atoms with Crippen LogP contribution in [0.15, 0.2) is 24.3 Å². The third kappa shape index (κ3) is 4.40. The molecule has 0 aliphatic rings. The lowest BCUT2D eigenvalue weighted by Gasteiger charge is -2.21. The van der Waals surface area contributed by atoms with Crippen LogP contribution < -0.4 is 0 Å². The molecule has 0 saturated heterocycles. The number of ether oxygens (including phenoxy) is 1. The zero-order chi connectivity index (χ0) is 14.3. The quantitative estimate of drug-likeness (QED) is 0.823. The summed E-state index contributed by atoms with van der Waals surface area (Å²) in [5.74, 6) is 5.42. The second kappa shape index (κ2) is 7.57. The first-order valence-electron chi connectivity index (χ1n) is 6.05. The molecule has 102 valence electrons. The largest absolute Gasteiger partial charge is 0.384 e. The molecule has 0 fully saturated rings. The highest BCUT2D eigenvalue weighted by Gasteiger charge is 2.17. The standard InChI is InChI=1S/C15H19NO3/c1-12(19-3)15(18)16(2)11-14-8-5-4-7-13(14)9-6-10-17/h4-5,7-8,12,17H,10-11H2,1-3H3. The minimum absolute atomic E-state index is 0.0765. The molecule has 1 amide bonds. The second-order valence-corrected chi connectivity index (χ2v) is 4.19. The molecule has 1 aromatic rings. The van der Waals surface area contributed by atoms with Gasteiger partial charge in [-0.1, -0.05) is 30.0 Å². The summed E-state index contributed by atoms with van der Waals surface area (Å²) in [4.78, 5) is 13.5. The molecule has 4 heteroatoms. The Hall–Kier alpha value is -1.83. The number of rotatable bonds is 4. The summed E-state index contributed by atoms with van der Waals surface area (Å²) < 4.78 is 5.01. The van der Waals surface area contributed by atoms with Crippen molar-refractivity contribution in [2.24, 2.45) is 0 Å². The number of benzene rings is 1. The highest BCUT2D eigenvalue weighted by Crippen LogP contribution is 2.11. The highest BCUT2D eigenvalue weighted by atomic mass is 16.5. The van der Waals surface area contributed by atoms with Crippen molar-refractivity contribution in [3.05, 3.63) is 35.4 Å². The van der Waals surface area contributed by atoms with Crippen LogP contribution in [0, 0.1) is 11.8 Å². The molecule has 0 radical (unpaired) electrons. The molecule has 0 aromatic heterocycles. The van der Waals surface area contributed by atoms with Gasteiger partial charge in [-0.05, 0) is 18.6 Å². The van der Waals surface area contributed by atoms with Gasteiger partial charge in [0.15, 0.2) is 0 Å². The molecule has 0 bridgehead atoms. The van der Waals surface area contributed by atoms with Gasteiger partial charge in [0.1, 0.15) is 12.7 Å². The Morgan fingerprint density at radius 3 is 2.79 bits per heavy atom. The highest BCUT2D eigenvalue weighted by molar-refractivity contribution is 5.80. The summed E-state index contributed by atoms with van der Waals surface area (Å²) in [6.07, 6.45) is -0.458. The summed E-state index contributed by atoms with van der Waals surface area (Å²) in [5.41, 5.74) is 1.77. The first-order valence-corrected chi connectivity index (χ1v) is 6.05. The van der Waals surface area contributed by atoms with Crippen LogP contribution in [0.2, 0.25) is 0 Å². The van der Waals surface area contributed by atoms with E-state index in [9.17, 15) is 4.79 Å². The van der Waals surface area contributed by atoms with Gasteiger partial charge < -0.3 is 14.7 Å². The van der Waals surface area contributed by atoms with Crippen LogP contribution in [-0.2, 0) is 16.1 Å². The van der Waals surface area contributed by atoms with E-state index in [4.69, 9.17) is 9.84 Å². The Labute approximate surface area is 114 Å². The van der Waals surface area contributed by atoms with E-state index in [0.29, 0.717) is 6.54 Å². The predicted octanol–water partition coefficient (Wildman–Crippen LogP) is 1.02. The number of carbonyl (C=O) groups is 1. The van der Waals surface area contributed by atoms with Crippen LogP contribution in [0.4, 0.5) is 0 Å². The topological polar surface area (TPSA) is 49.8 Å². The molecular weight excluding hydrogens is 242 g/mol. The van der Waals surface area contributed by atoms with Gasteiger partial charge in [-0.15, -0.1) is 0 Å². The van der Waals surface area contributed by atoms with Gasteiger partial charge in [-0.2, -0.15) is 0 Å². The Kier molecular flexibility index (Phi) is 6.07. The number of hydrogen-bond acceptors (Lipinski definition) is 3. The molecular formula is C15H19NO3. The lowest BCUT2D eigenvalue weighted by Crippen LogP contribution is -2.35. The van der Waals surface area contributed by atoms with Crippen molar-refractivity contribution in [3.8, 4) is 11.8 Å². The number of aliphatic hydroxyl groups is 1. The average molecular weight is 261 g/mol. The fraction of sp³-hybridized carbons (Fsp3) is 0.400. The Morgan fingerprint density at radius 1 is 1.47 bits per heavy atom. The minimum Gasteiger partial charge on any atom is -0.384 e. The maximum absolute atomic E-state index is 11.9. The molecule has 1 atom stereocenters. The zero-order valence-electron chi connectivity index (χ0n) is 11.5. The zero-order valence-corrected chi connectivity index (χ0v) is 11.5. The molecule has 0 heterocycles. The fourth-order valence-electron chi connectivity index (χ4n) is 1.66. The van der Waals surface area contributed by atoms with Gasteiger partial charge in [-0.3, -0.25) is 4.79 Å². The van der Waals surface area contributed by atoms with E-state index in [1.807, 2.05) is 24.3 Å². The van der Waals surface area contributed by atoms with Crippen molar-refractivity contribution >= 4 is 5.91 Å². The van der Waals surface area contributed by atoms with Crippen LogP contribution in [0.3, 0.4) is 0 Å². The Morgan fingerprint density at radius 2 is 2.16 bits per heavy atom.